The molecule has 0 spiro atoms. The SMILES string of the molecule is CCn1cc(-c2nc(Cl)c(Br)c(COC)n2)cn1. The van der Waals surface area contributed by atoms with E-state index in [2.05, 4.69) is 31.0 Å². The fourth-order valence-corrected chi connectivity index (χ4v) is 1.96. The summed E-state index contributed by atoms with van der Waals surface area (Å²) in [7, 11) is 1.61. The first kappa shape index (κ1) is 13.5. The minimum Gasteiger partial charge on any atom is -0.378 e. The Bertz CT molecular complexity index is 558. The highest BCUT2D eigenvalue weighted by Gasteiger charge is 2.13. The summed E-state index contributed by atoms with van der Waals surface area (Å²) in [5.74, 6) is 0.551. The van der Waals surface area contributed by atoms with Crippen LogP contribution in [-0.4, -0.2) is 26.9 Å². The lowest BCUT2D eigenvalue weighted by Crippen LogP contribution is -1.99. The summed E-state index contributed by atoms with van der Waals surface area (Å²) in [5.41, 5.74) is 1.56. The van der Waals surface area contributed by atoms with E-state index in [1.54, 1.807) is 13.3 Å². The maximum Gasteiger partial charge on any atom is 0.164 e. The van der Waals surface area contributed by atoms with Gasteiger partial charge in [-0.1, -0.05) is 11.6 Å². The van der Waals surface area contributed by atoms with Crippen LogP contribution < -0.4 is 0 Å². The van der Waals surface area contributed by atoms with E-state index >= 15 is 0 Å². The van der Waals surface area contributed by atoms with E-state index in [-0.39, 0.29) is 0 Å². The molecule has 18 heavy (non-hydrogen) atoms. The average Bonchev–Trinajstić information content (AvgIpc) is 2.83. The average molecular weight is 332 g/mol. The van der Waals surface area contributed by atoms with Gasteiger partial charge in [-0.3, -0.25) is 4.68 Å². The zero-order valence-electron chi connectivity index (χ0n) is 10.0. The van der Waals surface area contributed by atoms with Crippen LogP contribution in [0.2, 0.25) is 5.15 Å². The summed E-state index contributed by atoms with van der Waals surface area (Å²) in [5, 5.41) is 4.56. The normalized spacial score (nSPS) is 10.9. The first-order chi connectivity index (χ1) is 8.65. The van der Waals surface area contributed by atoms with Gasteiger partial charge in [0.05, 0.1) is 28.5 Å². The Hall–Kier alpha value is -0.980. The molecule has 0 aliphatic carbocycles. The predicted octanol–water partition coefficient (Wildman–Crippen LogP) is 2.92. The Balaban J connectivity index is 2.44. The van der Waals surface area contributed by atoms with Crippen molar-refractivity contribution in [3.63, 3.8) is 0 Å². The van der Waals surface area contributed by atoms with E-state index in [1.165, 1.54) is 0 Å². The van der Waals surface area contributed by atoms with E-state index in [0.29, 0.717) is 22.1 Å². The summed E-state index contributed by atoms with van der Waals surface area (Å²) >= 11 is 9.41. The summed E-state index contributed by atoms with van der Waals surface area (Å²) in [6.45, 7) is 3.19. The largest absolute Gasteiger partial charge is 0.378 e. The monoisotopic (exact) mass is 330 g/mol. The summed E-state index contributed by atoms with van der Waals surface area (Å²) in [6.07, 6.45) is 3.61. The van der Waals surface area contributed by atoms with Crippen LogP contribution in [0.3, 0.4) is 0 Å². The molecule has 2 aromatic heterocycles. The molecule has 2 rings (SSSR count). The van der Waals surface area contributed by atoms with E-state index in [9.17, 15) is 0 Å². The third-order valence-electron chi connectivity index (χ3n) is 2.38. The van der Waals surface area contributed by atoms with Crippen molar-refractivity contribution in [3.8, 4) is 11.4 Å². The van der Waals surface area contributed by atoms with Crippen molar-refractivity contribution in [3.05, 3.63) is 27.7 Å². The molecular formula is C11H12BrClN4O. The minimum atomic E-state index is 0.372. The lowest BCUT2D eigenvalue weighted by atomic mass is 10.3. The first-order valence-corrected chi connectivity index (χ1v) is 6.56. The Kier molecular flexibility index (Phi) is 4.31. The molecule has 0 aromatic carbocycles. The number of halogens is 2. The maximum absolute atomic E-state index is 6.06. The Morgan fingerprint density at radius 2 is 2.22 bits per heavy atom. The van der Waals surface area contributed by atoms with Crippen LogP contribution in [0, 0.1) is 0 Å². The number of rotatable bonds is 4. The van der Waals surface area contributed by atoms with Gasteiger partial charge in [0.2, 0.25) is 0 Å². The molecule has 0 aliphatic heterocycles. The number of aromatic nitrogens is 4. The van der Waals surface area contributed by atoms with Crippen molar-refractivity contribution >= 4 is 27.5 Å². The highest BCUT2D eigenvalue weighted by atomic mass is 79.9. The molecule has 0 aliphatic rings. The molecule has 0 fully saturated rings. The van der Waals surface area contributed by atoms with Gasteiger partial charge in [0.25, 0.3) is 0 Å². The van der Waals surface area contributed by atoms with Gasteiger partial charge in [0.15, 0.2) is 5.82 Å². The molecule has 0 N–H and O–H groups in total. The van der Waals surface area contributed by atoms with E-state index in [1.807, 2.05) is 17.8 Å². The molecular weight excluding hydrogens is 320 g/mol. The fourth-order valence-electron chi connectivity index (χ4n) is 1.48. The van der Waals surface area contributed by atoms with Crippen LogP contribution in [0.4, 0.5) is 0 Å². The maximum atomic E-state index is 6.06. The third kappa shape index (κ3) is 2.71. The standard InChI is InChI=1S/C11H12BrClN4O/c1-3-17-5-7(4-14-17)11-15-8(6-18-2)9(12)10(13)16-11/h4-5H,3,6H2,1-2H3. The molecule has 96 valence electrons. The number of nitrogens with zero attached hydrogens (tertiary/aromatic N) is 4. The fraction of sp³-hybridized carbons (Fsp3) is 0.364. The number of methoxy groups -OCH3 is 1. The van der Waals surface area contributed by atoms with Gasteiger partial charge in [0, 0.05) is 19.9 Å². The van der Waals surface area contributed by atoms with Crippen molar-refractivity contribution in [2.24, 2.45) is 0 Å². The molecule has 2 aromatic rings. The van der Waals surface area contributed by atoms with Crippen LogP contribution in [0.1, 0.15) is 12.6 Å². The van der Waals surface area contributed by atoms with Crippen molar-refractivity contribution < 1.29 is 4.74 Å². The Morgan fingerprint density at radius 3 is 2.83 bits per heavy atom. The van der Waals surface area contributed by atoms with E-state index in [4.69, 9.17) is 16.3 Å². The molecule has 7 heteroatoms. The minimum absolute atomic E-state index is 0.372. The smallest absolute Gasteiger partial charge is 0.164 e. The zero-order chi connectivity index (χ0) is 13.1. The third-order valence-corrected chi connectivity index (χ3v) is 3.71. The molecule has 0 saturated heterocycles. The quantitative estimate of drug-likeness (QED) is 0.808. The van der Waals surface area contributed by atoms with Gasteiger partial charge in [-0.2, -0.15) is 5.10 Å². The summed E-state index contributed by atoms with van der Waals surface area (Å²) in [6, 6.07) is 0. The van der Waals surface area contributed by atoms with Crippen LogP contribution in [-0.2, 0) is 17.9 Å². The highest BCUT2D eigenvalue weighted by molar-refractivity contribution is 9.10. The number of hydrogen-bond donors (Lipinski definition) is 0. The molecule has 0 radical (unpaired) electrons. The molecule has 0 unspecified atom stereocenters. The van der Waals surface area contributed by atoms with Gasteiger partial charge in [-0.05, 0) is 22.9 Å². The van der Waals surface area contributed by atoms with Gasteiger partial charge in [0.1, 0.15) is 5.15 Å². The van der Waals surface area contributed by atoms with E-state index in [0.717, 1.165) is 17.8 Å². The number of ether oxygens (including phenoxy) is 1. The van der Waals surface area contributed by atoms with Crippen molar-refractivity contribution in [1.29, 1.82) is 0 Å². The van der Waals surface area contributed by atoms with Crippen LogP contribution in [0.5, 0.6) is 0 Å². The second-order valence-electron chi connectivity index (χ2n) is 3.62. The van der Waals surface area contributed by atoms with Crippen molar-refractivity contribution in [2.75, 3.05) is 7.11 Å². The van der Waals surface area contributed by atoms with Crippen LogP contribution in [0.25, 0.3) is 11.4 Å². The Labute approximate surface area is 118 Å². The summed E-state index contributed by atoms with van der Waals surface area (Å²) in [4.78, 5) is 8.65. The lowest BCUT2D eigenvalue weighted by molar-refractivity contribution is 0.181. The summed E-state index contributed by atoms with van der Waals surface area (Å²) < 4.78 is 7.56. The number of hydrogen-bond acceptors (Lipinski definition) is 4. The molecule has 0 amide bonds. The lowest BCUT2D eigenvalue weighted by Gasteiger charge is -2.06. The predicted molar refractivity (Wildman–Crippen MR) is 72.4 cm³/mol. The van der Waals surface area contributed by atoms with Crippen LogP contribution >= 0.6 is 27.5 Å². The molecule has 0 bridgehead atoms. The molecule has 0 saturated carbocycles. The van der Waals surface area contributed by atoms with Crippen molar-refractivity contribution in [2.45, 2.75) is 20.1 Å². The van der Waals surface area contributed by atoms with Crippen LogP contribution in [0.15, 0.2) is 16.9 Å². The Morgan fingerprint density at radius 1 is 1.44 bits per heavy atom. The van der Waals surface area contributed by atoms with Gasteiger partial charge >= 0.3 is 0 Å². The second-order valence-corrected chi connectivity index (χ2v) is 4.77. The number of aryl methyl sites for hydroxylation is 1. The van der Waals surface area contributed by atoms with E-state index < -0.39 is 0 Å². The second kappa shape index (κ2) is 5.77. The van der Waals surface area contributed by atoms with Crippen molar-refractivity contribution in [1.82, 2.24) is 19.7 Å². The topological polar surface area (TPSA) is 52.8 Å². The zero-order valence-corrected chi connectivity index (χ0v) is 12.4. The molecule has 2 heterocycles. The van der Waals surface area contributed by atoms with Gasteiger partial charge in [-0.25, -0.2) is 9.97 Å². The highest BCUT2D eigenvalue weighted by Crippen LogP contribution is 2.27. The molecule has 0 atom stereocenters. The molecule has 5 nitrogen and oxygen atoms in total. The van der Waals surface area contributed by atoms with Gasteiger partial charge < -0.3 is 4.74 Å². The first-order valence-electron chi connectivity index (χ1n) is 5.39. The van der Waals surface area contributed by atoms with Gasteiger partial charge in [-0.15, -0.1) is 0 Å².